The van der Waals surface area contributed by atoms with Gasteiger partial charge in [-0.15, -0.1) is 0 Å². The number of carbonyl (C=O) groups excluding carboxylic acids is 1. The van der Waals surface area contributed by atoms with Gasteiger partial charge in [0.05, 0.1) is 11.8 Å². The SMILES string of the molecule is CCC(C)(C)CC(OC(=O)C1CCCCC1C(=O)O)C1C(C)CC(C)CC1C. The van der Waals surface area contributed by atoms with E-state index in [2.05, 4.69) is 41.5 Å². The molecule has 162 valence electrons. The molecule has 4 nitrogen and oxygen atoms in total. The Bertz CT molecular complexity index is 529. The van der Waals surface area contributed by atoms with E-state index in [0.717, 1.165) is 25.7 Å². The van der Waals surface area contributed by atoms with Gasteiger partial charge >= 0.3 is 11.9 Å². The van der Waals surface area contributed by atoms with Crippen molar-refractivity contribution in [2.75, 3.05) is 0 Å². The van der Waals surface area contributed by atoms with Crippen LogP contribution in [0.1, 0.15) is 92.9 Å². The fraction of sp³-hybridized carbons (Fsp3) is 0.917. The van der Waals surface area contributed by atoms with Gasteiger partial charge in [-0.2, -0.15) is 0 Å². The quantitative estimate of drug-likeness (QED) is 0.543. The Balaban J connectivity index is 2.21. The molecule has 1 N–H and O–H groups in total. The minimum absolute atomic E-state index is 0.103. The predicted molar refractivity (Wildman–Crippen MR) is 112 cm³/mol. The lowest BCUT2D eigenvalue weighted by molar-refractivity contribution is -0.170. The molecule has 2 rings (SSSR count). The molecule has 0 bridgehead atoms. The molecule has 0 aromatic heterocycles. The molecule has 0 heterocycles. The summed E-state index contributed by atoms with van der Waals surface area (Å²) in [6.07, 6.45) is 7.18. The maximum absolute atomic E-state index is 13.1. The van der Waals surface area contributed by atoms with Crippen molar-refractivity contribution in [3.8, 4) is 0 Å². The average Bonchev–Trinajstić information content (AvgIpc) is 2.60. The largest absolute Gasteiger partial charge is 0.481 e. The van der Waals surface area contributed by atoms with E-state index in [-0.39, 0.29) is 17.5 Å². The van der Waals surface area contributed by atoms with Crippen LogP contribution in [0.25, 0.3) is 0 Å². The van der Waals surface area contributed by atoms with Crippen LogP contribution >= 0.6 is 0 Å². The van der Waals surface area contributed by atoms with E-state index in [9.17, 15) is 14.7 Å². The minimum Gasteiger partial charge on any atom is -0.481 e. The first kappa shape index (κ1) is 23.2. The van der Waals surface area contributed by atoms with Gasteiger partial charge in [-0.25, -0.2) is 0 Å². The van der Waals surface area contributed by atoms with Crippen LogP contribution in [0.15, 0.2) is 0 Å². The minimum atomic E-state index is -0.847. The summed E-state index contributed by atoms with van der Waals surface area (Å²) in [4.78, 5) is 24.8. The maximum Gasteiger partial charge on any atom is 0.310 e. The Morgan fingerprint density at radius 1 is 1.04 bits per heavy atom. The number of hydrogen-bond acceptors (Lipinski definition) is 3. The number of hydrogen-bond donors (Lipinski definition) is 1. The molecule has 0 amide bonds. The van der Waals surface area contributed by atoms with Gasteiger partial charge in [0.2, 0.25) is 0 Å². The van der Waals surface area contributed by atoms with Crippen LogP contribution in [0.2, 0.25) is 0 Å². The topological polar surface area (TPSA) is 63.6 Å². The molecule has 28 heavy (non-hydrogen) atoms. The standard InChI is InChI=1S/C24H42O4/c1-7-24(5,6)14-20(21-16(3)12-15(2)13-17(21)4)28-23(27)19-11-9-8-10-18(19)22(25)26/h15-21H,7-14H2,1-6H3,(H,25,26). The van der Waals surface area contributed by atoms with Crippen LogP contribution in [-0.2, 0) is 14.3 Å². The van der Waals surface area contributed by atoms with E-state index in [4.69, 9.17) is 4.74 Å². The molecule has 2 fully saturated rings. The highest BCUT2D eigenvalue weighted by atomic mass is 16.5. The molecule has 4 heteroatoms. The fourth-order valence-corrected chi connectivity index (χ4v) is 5.86. The summed E-state index contributed by atoms with van der Waals surface area (Å²) in [7, 11) is 0. The normalized spacial score (nSPS) is 35.2. The van der Waals surface area contributed by atoms with Crippen LogP contribution in [0.4, 0.5) is 0 Å². The first-order chi connectivity index (χ1) is 13.1. The first-order valence-electron chi connectivity index (χ1n) is 11.5. The van der Waals surface area contributed by atoms with E-state index in [1.807, 2.05) is 0 Å². The third kappa shape index (κ3) is 5.73. The Morgan fingerprint density at radius 3 is 2.07 bits per heavy atom. The number of carboxylic acids is 1. The Kier molecular flexibility index (Phi) is 7.98. The highest BCUT2D eigenvalue weighted by molar-refractivity contribution is 5.81. The van der Waals surface area contributed by atoms with Crippen LogP contribution in [-0.4, -0.2) is 23.1 Å². The number of carbonyl (C=O) groups is 2. The zero-order valence-corrected chi connectivity index (χ0v) is 18.9. The lowest BCUT2D eigenvalue weighted by Crippen LogP contribution is -2.44. The molecule has 0 radical (unpaired) electrons. The lowest BCUT2D eigenvalue weighted by Gasteiger charge is -2.44. The first-order valence-corrected chi connectivity index (χ1v) is 11.5. The summed E-state index contributed by atoms with van der Waals surface area (Å²) in [5, 5.41) is 9.57. The van der Waals surface area contributed by atoms with E-state index in [1.165, 1.54) is 12.8 Å². The van der Waals surface area contributed by atoms with E-state index in [0.29, 0.717) is 36.5 Å². The number of aliphatic carboxylic acids is 1. The van der Waals surface area contributed by atoms with Gasteiger partial charge < -0.3 is 9.84 Å². The Morgan fingerprint density at radius 2 is 1.57 bits per heavy atom. The van der Waals surface area contributed by atoms with E-state index >= 15 is 0 Å². The molecule has 5 atom stereocenters. The highest BCUT2D eigenvalue weighted by Gasteiger charge is 2.43. The second-order valence-corrected chi connectivity index (χ2v) is 10.6. The van der Waals surface area contributed by atoms with Gasteiger partial charge in [-0.1, -0.05) is 60.8 Å². The molecular formula is C24H42O4. The van der Waals surface area contributed by atoms with Crippen molar-refractivity contribution < 1.29 is 19.4 Å². The summed E-state index contributed by atoms with van der Waals surface area (Å²) in [5.74, 6) is -0.0581. The van der Waals surface area contributed by atoms with Gasteiger partial charge in [0.1, 0.15) is 6.10 Å². The van der Waals surface area contributed by atoms with Crippen LogP contribution in [0.5, 0.6) is 0 Å². The van der Waals surface area contributed by atoms with Gasteiger partial charge in [0.15, 0.2) is 0 Å². The van der Waals surface area contributed by atoms with Gasteiger partial charge in [0.25, 0.3) is 0 Å². The predicted octanol–water partition coefficient (Wildman–Crippen LogP) is 5.93. The van der Waals surface area contributed by atoms with Crippen molar-refractivity contribution in [1.29, 1.82) is 0 Å². The summed E-state index contributed by atoms with van der Waals surface area (Å²) in [6, 6.07) is 0. The summed E-state index contributed by atoms with van der Waals surface area (Å²) in [6.45, 7) is 13.6. The molecule has 0 aromatic rings. The average molecular weight is 395 g/mol. The lowest BCUT2D eigenvalue weighted by atomic mass is 9.65. The van der Waals surface area contributed by atoms with Gasteiger partial charge in [-0.3, -0.25) is 9.59 Å². The van der Waals surface area contributed by atoms with Crippen molar-refractivity contribution in [3.63, 3.8) is 0 Å². The van der Waals surface area contributed by atoms with Crippen LogP contribution < -0.4 is 0 Å². The second-order valence-electron chi connectivity index (χ2n) is 10.6. The molecule has 0 saturated heterocycles. The third-order valence-electron chi connectivity index (χ3n) is 7.66. The fourth-order valence-electron chi connectivity index (χ4n) is 5.86. The van der Waals surface area contributed by atoms with E-state index < -0.39 is 17.8 Å². The van der Waals surface area contributed by atoms with E-state index in [1.54, 1.807) is 0 Å². The highest BCUT2D eigenvalue weighted by Crippen LogP contribution is 2.44. The molecule has 5 unspecified atom stereocenters. The summed E-state index contributed by atoms with van der Waals surface area (Å²) >= 11 is 0. The number of carboxylic acid groups (broad SMARTS) is 1. The van der Waals surface area contributed by atoms with Crippen LogP contribution in [0, 0.1) is 40.9 Å². The number of rotatable bonds is 7. The van der Waals surface area contributed by atoms with Crippen molar-refractivity contribution in [2.24, 2.45) is 40.9 Å². The molecular weight excluding hydrogens is 352 g/mol. The molecule has 2 aliphatic carbocycles. The van der Waals surface area contributed by atoms with Crippen molar-refractivity contribution in [1.82, 2.24) is 0 Å². The number of ether oxygens (including phenoxy) is 1. The second kappa shape index (κ2) is 9.63. The van der Waals surface area contributed by atoms with Crippen molar-refractivity contribution in [3.05, 3.63) is 0 Å². The van der Waals surface area contributed by atoms with Crippen LogP contribution in [0.3, 0.4) is 0 Å². The smallest absolute Gasteiger partial charge is 0.310 e. The Labute approximate surface area is 171 Å². The van der Waals surface area contributed by atoms with Crippen molar-refractivity contribution >= 4 is 11.9 Å². The third-order valence-corrected chi connectivity index (χ3v) is 7.66. The van der Waals surface area contributed by atoms with Gasteiger partial charge in [-0.05, 0) is 55.3 Å². The maximum atomic E-state index is 13.1. The molecule has 0 spiro atoms. The zero-order chi connectivity index (χ0) is 21.1. The Hall–Kier alpha value is -1.06. The molecule has 2 saturated carbocycles. The van der Waals surface area contributed by atoms with Gasteiger partial charge in [0, 0.05) is 5.92 Å². The molecule has 0 aromatic carbocycles. The summed E-state index contributed by atoms with van der Waals surface area (Å²) in [5.41, 5.74) is 0.103. The molecule has 0 aliphatic heterocycles. The van der Waals surface area contributed by atoms with Crippen molar-refractivity contribution in [2.45, 2.75) is 99.0 Å². The molecule has 2 aliphatic rings. The zero-order valence-electron chi connectivity index (χ0n) is 18.9. The monoisotopic (exact) mass is 394 g/mol. The summed E-state index contributed by atoms with van der Waals surface area (Å²) < 4.78 is 6.22. The number of esters is 1.